The molecule has 0 unspecified atom stereocenters. The second kappa shape index (κ2) is 5.50. The first kappa shape index (κ1) is 12.4. The number of ether oxygens (including phenoxy) is 1. The number of hydrogen-bond donors (Lipinski definition) is 1. The van der Waals surface area contributed by atoms with Gasteiger partial charge in [0.15, 0.2) is 0 Å². The predicted octanol–water partition coefficient (Wildman–Crippen LogP) is 3.41. The molecule has 0 saturated heterocycles. The van der Waals surface area contributed by atoms with Crippen LogP contribution in [0.1, 0.15) is 43.7 Å². The molecule has 1 saturated carbocycles. The van der Waals surface area contributed by atoms with Gasteiger partial charge in [0.2, 0.25) is 0 Å². The Morgan fingerprint density at radius 3 is 2.65 bits per heavy atom. The highest BCUT2D eigenvalue weighted by molar-refractivity contribution is 5.32. The molecule has 94 valence electrons. The van der Waals surface area contributed by atoms with Crippen molar-refractivity contribution in [1.29, 1.82) is 0 Å². The van der Waals surface area contributed by atoms with Crippen LogP contribution in [0.2, 0.25) is 0 Å². The minimum absolute atomic E-state index is 0.203. The topological polar surface area (TPSA) is 35.2 Å². The summed E-state index contributed by atoms with van der Waals surface area (Å²) in [6, 6.07) is 4.60. The molecule has 0 radical (unpaired) electrons. The van der Waals surface area contributed by atoms with Gasteiger partial charge in [-0.3, -0.25) is 0 Å². The summed E-state index contributed by atoms with van der Waals surface area (Å²) in [6.07, 6.45) is 5.92. The summed E-state index contributed by atoms with van der Waals surface area (Å²) in [5.41, 5.74) is 6.79. The lowest BCUT2D eigenvalue weighted by atomic mass is 9.81. The molecule has 0 spiro atoms. The Kier molecular flexibility index (Phi) is 4.00. The summed E-state index contributed by atoms with van der Waals surface area (Å²) >= 11 is 0. The van der Waals surface area contributed by atoms with Crippen molar-refractivity contribution in [2.24, 2.45) is 11.7 Å². The van der Waals surface area contributed by atoms with Gasteiger partial charge in [-0.1, -0.05) is 19.3 Å². The molecule has 1 aromatic rings. The SMILES string of the molecule is COc1ccc(F)c([C@H](N)C2CCCCC2)c1. The second-order valence-corrected chi connectivity index (χ2v) is 4.81. The van der Waals surface area contributed by atoms with Crippen LogP contribution in [0.4, 0.5) is 4.39 Å². The van der Waals surface area contributed by atoms with Crippen LogP contribution in [-0.4, -0.2) is 7.11 Å². The average Bonchev–Trinajstić information content (AvgIpc) is 2.39. The fourth-order valence-electron chi connectivity index (χ4n) is 2.65. The minimum atomic E-state index is -0.219. The summed E-state index contributed by atoms with van der Waals surface area (Å²) in [5.74, 6) is 0.863. The Balaban J connectivity index is 2.19. The Bertz CT molecular complexity index is 374. The van der Waals surface area contributed by atoms with Gasteiger partial charge in [-0.25, -0.2) is 4.39 Å². The van der Waals surface area contributed by atoms with Gasteiger partial charge in [0.25, 0.3) is 0 Å². The van der Waals surface area contributed by atoms with E-state index < -0.39 is 0 Å². The summed E-state index contributed by atoms with van der Waals surface area (Å²) in [4.78, 5) is 0. The number of nitrogens with two attached hydrogens (primary N) is 1. The molecule has 0 aromatic heterocycles. The highest BCUT2D eigenvalue weighted by Gasteiger charge is 2.24. The maximum Gasteiger partial charge on any atom is 0.128 e. The van der Waals surface area contributed by atoms with Crippen LogP contribution in [0.15, 0.2) is 18.2 Å². The smallest absolute Gasteiger partial charge is 0.128 e. The third-order valence-corrected chi connectivity index (χ3v) is 3.72. The molecule has 0 aliphatic heterocycles. The largest absolute Gasteiger partial charge is 0.497 e. The van der Waals surface area contributed by atoms with Gasteiger partial charge in [0, 0.05) is 11.6 Å². The Labute approximate surface area is 102 Å². The number of hydrogen-bond acceptors (Lipinski definition) is 2. The van der Waals surface area contributed by atoms with E-state index in [1.54, 1.807) is 19.2 Å². The van der Waals surface area contributed by atoms with Crippen molar-refractivity contribution in [3.8, 4) is 5.75 Å². The van der Waals surface area contributed by atoms with E-state index in [0.717, 1.165) is 12.8 Å². The number of methoxy groups -OCH3 is 1. The van der Waals surface area contributed by atoms with Gasteiger partial charge < -0.3 is 10.5 Å². The van der Waals surface area contributed by atoms with Gasteiger partial charge in [-0.05, 0) is 37.0 Å². The van der Waals surface area contributed by atoms with Crippen molar-refractivity contribution < 1.29 is 9.13 Å². The van der Waals surface area contributed by atoms with Gasteiger partial charge in [-0.2, -0.15) is 0 Å². The fourth-order valence-corrected chi connectivity index (χ4v) is 2.65. The zero-order valence-corrected chi connectivity index (χ0v) is 10.3. The molecule has 17 heavy (non-hydrogen) atoms. The molecule has 0 heterocycles. The molecule has 2 N–H and O–H groups in total. The first-order valence-corrected chi connectivity index (χ1v) is 6.31. The zero-order chi connectivity index (χ0) is 12.3. The van der Waals surface area contributed by atoms with Crippen molar-refractivity contribution in [2.45, 2.75) is 38.1 Å². The summed E-state index contributed by atoms with van der Waals surface area (Å²) in [5, 5.41) is 0. The first-order chi connectivity index (χ1) is 8.22. The molecule has 1 aromatic carbocycles. The van der Waals surface area contributed by atoms with Crippen LogP contribution in [0, 0.1) is 11.7 Å². The summed E-state index contributed by atoms with van der Waals surface area (Å²) < 4.78 is 18.9. The Morgan fingerprint density at radius 2 is 2.00 bits per heavy atom. The maximum atomic E-state index is 13.8. The number of halogens is 1. The van der Waals surface area contributed by atoms with Crippen LogP contribution in [-0.2, 0) is 0 Å². The molecule has 0 amide bonds. The van der Waals surface area contributed by atoms with Crippen molar-refractivity contribution in [1.82, 2.24) is 0 Å². The van der Waals surface area contributed by atoms with E-state index in [-0.39, 0.29) is 11.9 Å². The highest BCUT2D eigenvalue weighted by Crippen LogP contribution is 2.34. The van der Waals surface area contributed by atoms with Crippen molar-refractivity contribution >= 4 is 0 Å². The van der Waals surface area contributed by atoms with E-state index in [1.165, 1.54) is 25.3 Å². The van der Waals surface area contributed by atoms with Crippen LogP contribution in [0.5, 0.6) is 5.75 Å². The normalized spacial score (nSPS) is 19.0. The van der Waals surface area contributed by atoms with E-state index in [1.807, 2.05) is 0 Å². The minimum Gasteiger partial charge on any atom is -0.497 e. The highest BCUT2D eigenvalue weighted by atomic mass is 19.1. The molecule has 1 atom stereocenters. The van der Waals surface area contributed by atoms with Gasteiger partial charge >= 0.3 is 0 Å². The van der Waals surface area contributed by atoms with E-state index >= 15 is 0 Å². The zero-order valence-electron chi connectivity index (χ0n) is 10.3. The van der Waals surface area contributed by atoms with E-state index in [9.17, 15) is 4.39 Å². The maximum absolute atomic E-state index is 13.8. The molecule has 3 heteroatoms. The molecule has 1 aliphatic rings. The van der Waals surface area contributed by atoms with Crippen molar-refractivity contribution in [3.63, 3.8) is 0 Å². The number of benzene rings is 1. The summed E-state index contributed by atoms with van der Waals surface area (Å²) in [7, 11) is 1.59. The summed E-state index contributed by atoms with van der Waals surface area (Å²) in [6.45, 7) is 0. The lowest BCUT2D eigenvalue weighted by Gasteiger charge is -2.28. The third kappa shape index (κ3) is 2.78. The molecule has 0 bridgehead atoms. The van der Waals surface area contributed by atoms with Crippen LogP contribution in [0.3, 0.4) is 0 Å². The Morgan fingerprint density at radius 1 is 1.29 bits per heavy atom. The molecule has 2 rings (SSSR count). The van der Waals surface area contributed by atoms with Crippen molar-refractivity contribution in [3.05, 3.63) is 29.6 Å². The van der Waals surface area contributed by atoms with Gasteiger partial charge in [0.05, 0.1) is 7.11 Å². The van der Waals surface area contributed by atoms with Gasteiger partial charge in [0.1, 0.15) is 11.6 Å². The molecule has 1 aliphatic carbocycles. The first-order valence-electron chi connectivity index (χ1n) is 6.31. The molecular weight excluding hydrogens is 217 g/mol. The molecule has 2 nitrogen and oxygen atoms in total. The predicted molar refractivity (Wildman–Crippen MR) is 66.5 cm³/mol. The van der Waals surface area contributed by atoms with E-state index in [4.69, 9.17) is 10.5 Å². The lowest BCUT2D eigenvalue weighted by Crippen LogP contribution is -2.24. The fraction of sp³-hybridized carbons (Fsp3) is 0.571. The van der Waals surface area contributed by atoms with E-state index in [0.29, 0.717) is 17.2 Å². The second-order valence-electron chi connectivity index (χ2n) is 4.81. The van der Waals surface area contributed by atoms with Crippen LogP contribution < -0.4 is 10.5 Å². The molecular formula is C14H20FNO. The van der Waals surface area contributed by atoms with Crippen LogP contribution in [0.25, 0.3) is 0 Å². The number of rotatable bonds is 3. The Hall–Kier alpha value is -1.09. The quantitative estimate of drug-likeness (QED) is 0.874. The van der Waals surface area contributed by atoms with Crippen molar-refractivity contribution in [2.75, 3.05) is 7.11 Å². The third-order valence-electron chi connectivity index (χ3n) is 3.72. The van der Waals surface area contributed by atoms with Gasteiger partial charge in [-0.15, -0.1) is 0 Å². The average molecular weight is 237 g/mol. The lowest BCUT2D eigenvalue weighted by molar-refractivity contribution is 0.302. The van der Waals surface area contributed by atoms with E-state index in [2.05, 4.69) is 0 Å². The monoisotopic (exact) mass is 237 g/mol. The standard InChI is InChI=1S/C14H20FNO/c1-17-11-7-8-13(15)12(9-11)14(16)10-5-3-2-4-6-10/h7-10,14H,2-6,16H2,1H3/t14-/m1/s1. The molecule has 1 fully saturated rings. The van der Waals surface area contributed by atoms with Crippen LogP contribution >= 0.6 is 0 Å².